The van der Waals surface area contributed by atoms with E-state index in [1.807, 2.05) is 39.2 Å². The molecule has 1 N–H and O–H groups in total. The molecule has 1 aliphatic carbocycles. The first-order valence-corrected chi connectivity index (χ1v) is 9.02. The Balaban J connectivity index is 1.80. The number of anilines is 1. The lowest BCUT2D eigenvalue weighted by molar-refractivity contribution is -0.125. The second-order valence-corrected chi connectivity index (χ2v) is 7.61. The van der Waals surface area contributed by atoms with Crippen molar-refractivity contribution >= 4 is 17.2 Å². The fourth-order valence-corrected chi connectivity index (χ4v) is 3.82. The van der Waals surface area contributed by atoms with Gasteiger partial charge in [0.05, 0.1) is 23.9 Å². The van der Waals surface area contributed by atoms with E-state index in [1.165, 1.54) is 0 Å². The van der Waals surface area contributed by atoms with Crippen LogP contribution in [0.1, 0.15) is 37.2 Å². The molecule has 0 radical (unpaired) electrons. The average Bonchev–Trinajstić information content (AvgIpc) is 2.88. The molecule has 1 saturated heterocycles. The summed E-state index contributed by atoms with van der Waals surface area (Å²) >= 11 is 0. The molecular weight excluding hydrogens is 340 g/mol. The highest BCUT2D eigenvalue weighted by Crippen LogP contribution is 2.50. The van der Waals surface area contributed by atoms with Gasteiger partial charge in [0, 0.05) is 35.8 Å². The molecule has 6 heteroatoms. The highest BCUT2D eigenvalue weighted by Gasteiger charge is 2.51. The molecule has 2 aromatic heterocycles. The molecule has 0 saturated carbocycles. The third-order valence-electron chi connectivity index (χ3n) is 5.45. The summed E-state index contributed by atoms with van der Waals surface area (Å²) in [7, 11) is 0. The molecule has 1 aliphatic heterocycles. The van der Waals surface area contributed by atoms with Crippen LogP contribution in [0.3, 0.4) is 0 Å². The van der Waals surface area contributed by atoms with Gasteiger partial charge >= 0.3 is 0 Å². The Kier molecular flexibility index (Phi) is 4.15. The summed E-state index contributed by atoms with van der Waals surface area (Å²) in [6.45, 7) is 5.73. The van der Waals surface area contributed by atoms with Gasteiger partial charge in [0.2, 0.25) is 5.91 Å². The number of allylic oxidation sites excluding steroid dienone is 4. The smallest absolute Gasteiger partial charge is 0.237 e. The van der Waals surface area contributed by atoms with Gasteiger partial charge in [0.1, 0.15) is 5.82 Å². The Morgan fingerprint density at radius 3 is 2.67 bits per heavy atom. The normalized spacial score (nSPS) is 21.0. The van der Waals surface area contributed by atoms with Crippen LogP contribution >= 0.6 is 0 Å². The molecule has 1 amide bonds. The number of aliphatic hydroxyl groups is 1. The lowest BCUT2D eigenvalue weighted by atomic mass is 9.75. The van der Waals surface area contributed by atoms with Crippen molar-refractivity contribution in [1.82, 2.24) is 15.0 Å². The molecule has 0 bridgehead atoms. The van der Waals surface area contributed by atoms with Crippen LogP contribution in [-0.4, -0.2) is 26.0 Å². The van der Waals surface area contributed by atoms with Crippen LogP contribution in [0.5, 0.6) is 0 Å². The second-order valence-electron chi connectivity index (χ2n) is 7.61. The first-order valence-electron chi connectivity index (χ1n) is 9.02. The number of amides is 1. The number of aryl methyl sites for hydroxylation is 1. The van der Waals surface area contributed by atoms with E-state index in [0.717, 1.165) is 29.1 Å². The third-order valence-corrected chi connectivity index (χ3v) is 5.45. The number of carbonyl (C=O) groups excluding carboxylic acids is 1. The number of aromatic nitrogens is 3. The van der Waals surface area contributed by atoms with Crippen molar-refractivity contribution in [2.75, 3.05) is 4.90 Å². The molecule has 0 spiro atoms. The number of hydrogen-bond donors (Lipinski definition) is 1. The van der Waals surface area contributed by atoms with Gasteiger partial charge in [-0.2, -0.15) is 0 Å². The highest BCUT2D eigenvalue weighted by atomic mass is 16.3. The third kappa shape index (κ3) is 2.86. The molecule has 2 aliphatic rings. The van der Waals surface area contributed by atoms with Crippen LogP contribution < -0.4 is 4.90 Å². The quantitative estimate of drug-likeness (QED) is 0.908. The Bertz CT molecular complexity index is 960. The van der Waals surface area contributed by atoms with Gasteiger partial charge in [-0.1, -0.05) is 19.9 Å². The Labute approximate surface area is 158 Å². The molecule has 3 heterocycles. The van der Waals surface area contributed by atoms with E-state index in [2.05, 4.69) is 27.1 Å². The average molecular weight is 362 g/mol. The first kappa shape index (κ1) is 17.5. The van der Waals surface area contributed by atoms with Crippen LogP contribution in [-0.2, 0) is 11.4 Å². The molecule has 138 valence electrons. The Hall–Kier alpha value is -2.86. The van der Waals surface area contributed by atoms with Crippen LogP contribution in [0.2, 0.25) is 0 Å². The maximum Gasteiger partial charge on any atom is 0.237 e. The van der Waals surface area contributed by atoms with Gasteiger partial charge in [0.25, 0.3) is 0 Å². The molecule has 1 atom stereocenters. The summed E-state index contributed by atoms with van der Waals surface area (Å²) in [4.78, 5) is 27.7. The monoisotopic (exact) mass is 362 g/mol. The van der Waals surface area contributed by atoms with Crippen molar-refractivity contribution in [2.24, 2.45) is 11.3 Å². The Morgan fingerprint density at radius 1 is 1.22 bits per heavy atom. The van der Waals surface area contributed by atoms with Gasteiger partial charge < -0.3 is 5.11 Å². The zero-order valence-corrected chi connectivity index (χ0v) is 15.7. The molecule has 6 nitrogen and oxygen atoms in total. The highest BCUT2D eigenvalue weighted by molar-refractivity contribution is 6.05. The predicted molar refractivity (Wildman–Crippen MR) is 102 cm³/mol. The van der Waals surface area contributed by atoms with E-state index >= 15 is 0 Å². The van der Waals surface area contributed by atoms with E-state index in [0.29, 0.717) is 11.3 Å². The molecule has 4 rings (SSSR count). The maximum atomic E-state index is 13.2. The summed E-state index contributed by atoms with van der Waals surface area (Å²) < 4.78 is 0. The Morgan fingerprint density at radius 2 is 1.96 bits per heavy atom. The zero-order valence-electron chi connectivity index (χ0n) is 15.7. The number of fused-ring (bicyclic) bond motifs is 1. The number of hydrogen-bond acceptors (Lipinski definition) is 5. The van der Waals surface area contributed by atoms with Crippen molar-refractivity contribution in [3.8, 4) is 0 Å². The van der Waals surface area contributed by atoms with Crippen molar-refractivity contribution in [2.45, 2.75) is 33.8 Å². The van der Waals surface area contributed by atoms with Crippen LogP contribution in [0.4, 0.5) is 5.69 Å². The predicted octanol–water partition coefficient (Wildman–Crippen LogP) is 3.03. The summed E-state index contributed by atoms with van der Waals surface area (Å²) in [6.07, 6.45) is 11.9. The van der Waals surface area contributed by atoms with Crippen molar-refractivity contribution in [3.05, 3.63) is 65.7 Å². The standard InChI is InChI=1S/C21H22N4O2/c1-13-23-9-16(10-24-13)15-4-5-18-19(7-15)25(20(27)21(18,2)3)17-6-14(12-26)8-22-11-17/h4,6-11,18,26H,5,12H2,1-3H3. The first-order chi connectivity index (χ1) is 12.9. The van der Waals surface area contributed by atoms with Gasteiger partial charge in [-0.15, -0.1) is 0 Å². The number of aliphatic hydroxyl groups excluding tert-OH is 1. The van der Waals surface area contributed by atoms with E-state index in [9.17, 15) is 9.90 Å². The number of carbonyl (C=O) groups is 1. The maximum absolute atomic E-state index is 13.2. The molecular formula is C21H22N4O2. The van der Waals surface area contributed by atoms with Gasteiger partial charge in [-0.05, 0) is 36.6 Å². The van der Waals surface area contributed by atoms with E-state index in [-0.39, 0.29) is 18.4 Å². The van der Waals surface area contributed by atoms with Crippen LogP contribution in [0.25, 0.3) is 5.57 Å². The van der Waals surface area contributed by atoms with Gasteiger partial charge in [-0.3, -0.25) is 14.7 Å². The minimum atomic E-state index is -0.507. The second kappa shape index (κ2) is 6.39. The summed E-state index contributed by atoms with van der Waals surface area (Å²) in [5.41, 5.74) is 3.77. The van der Waals surface area contributed by atoms with Gasteiger partial charge in [-0.25, -0.2) is 9.97 Å². The number of nitrogens with zero attached hydrogens (tertiary/aromatic N) is 4. The van der Waals surface area contributed by atoms with E-state index in [1.54, 1.807) is 17.3 Å². The van der Waals surface area contributed by atoms with Crippen LogP contribution in [0, 0.1) is 18.3 Å². The largest absolute Gasteiger partial charge is 0.392 e. The molecule has 0 aromatic carbocycles. The lowest BCUT2D eigenvalue weighted by Gasteiger charge is -2.26. The minimum absolute atomic E-state index is 0.0467. The van der Waals surface area contributed by atoms with Gasteiger partial charge in [0.15, 0.2) is 0 Å². The van der Waals surface area contributed by atoms with Crippen LogP contribution in [0.15, 0.2) is 48.7 Å². The summed E-state index contributed by atoms with van der Waals surface area (Å²) in [5, 5.41) is 9.44. The SMILES string of the molecule is Cc1ncc(C2=CCC3C(=C2)N(c2cncc(CO)c2)C(=O)C3(C)C)cn1. The van der Waals surface area contributed by atoms with Crippen molar-refractivity contribution in [1.29, 1.82) is 0 Å². The van der Waals surface area contributed by atoms with Crippen molar-refractivity contribution in [3.63, 3.8) is 0 Å². The number of pyridine rings is 1. The molecule has 2 aromatic rings. The zero-order chi connectivity index (χ0) is 19.2. The fourth-order valence-electron chi connectivity index (χ4n) is 3.82. The lowest BCUT2D eigenvalue weighted by Crippen LogP contribution is -2.31. The summed E-state index contributed by atoms with van der Waals surface area (Å²) in [6, 6.07) is 1.82. The molecule has 27 heavy (non-hydrogen) atoms. The minimum Gasteiger partial charge on any atom is -0.392 e. The molecule has 1 fully saturated rings. The van der Waals surface area contributed by atoms with Crippen molar-refractivity contribution < 1.29 is 9.90 Å². The fraction of sp³-hybridized carbons (Fsp3) is 0.333. The summed E-state index contributed by atoms with van der Waals surface area (Å²) in [5.74, 6) is 0.870. The van der Waals surface area contributed by atoms with E-state index < -0.39 is 5.41 Å². The van der Waals surface area contributed by atoms with E-state index in [4.69, 9.17) is 0 Å². The topological polar surface area (TPSA) is 79.2 Å². The number of rotatable bonds is 3. The molecule has 1 unspecified atom stereocenters.